The van der Waals surface area contributed by atoms with Gasteiger partial charge in [0, 0.05) is 6.54 Å². The van der Waals surface area contributed by atoms with E-state index >= 15 is 0 Å². The Kier molecular flexibility index (Phi) is 2.81. The molecule has 1 aliphatic carbocycles. The zero-order chi connectivity index (χ0) is 12.8. The van der Waals surface area contributed by atoms with Crippen LogP contribution in [0, 0.1) is 11.3 Å². The summed E-state index contributed by atoms with van der Waals surface area (Å²) in [6.07, 6.45) is 5.81. The number of halogens is 1. The molecule has 5 heteroatoms. The summed E-state index contributed by atoms with van der Waals surface area (Å²) < 4.78 is 6.10. The Balaban J connectivity index is 2.05. The molecule has 3 rings (SSSR count). The Labute approximate surface area is 114 Å². The summed E-state index contributed by atoms with van der Waals surface area (Å²) >= 11 is 3.27. The Morgan fingerprint density at radius 3 is 2.94 bits per heavy atom. The molecule has 4 nitrogen and oxygen atoms in total. The lowest BCUT2D eigenvalue weighted by molar-refractivity contribution is -0.148. The third kappa shape index (κ3) is 1.56. The normalized spacial score (nSPS) is 35.3. The number of ether oxygens (including phenoxy) is 1. The average Bonchev–Trinajstić information content (AvgIpc) is 2.38. The van der Waals surface area contributed by atoms with Crippen molar-refractivity contribution in [2.45, 2.75) is 19.3 Å². The summed E-state index contributed by atoms with van der Waals surface area (Å²) in [6.45, 7) is 1.22. The number of carbonyl (C=O) groups is 2. The highest BCUT2D eigenvalue weighted by atomic mass is 79.9. The smallest absolute Gasteiger partial charge is 0.227 e. The van der Waals surface area contributed by atoms with Crippen LogP contribution in [0.2, 0.25) is 0 Å². The number of ketones is 1. The van der Waals surface area contributed by atoms with E-state index in [1.807, 2.05) is 0 Å². The summed E-state index contributed by atoms with van der Waals surface area (Å²) in [6, 6.07) is 0. The molecular weight excluding hydrogens is 298 g/mol. The fourth-order valence-electron chi connectivity index (χ4n) is 3.16. The number of allylic oxidation sites excluding steroid dienone is 4. The fourth-order valence-corrected chi connectivity index (χ4v) is 3.52. The van der Waals surface area contributed by atoms with Gasteiger partial charge in [-0.1, -0.05) is 0 Å². The van der Waals surface area contributed by atoms with Crippen molar-refractivity contribution in [2.75, 3.05) is 13.2 Å². The molecule has 1 spiro atoms. The summed E-state index contributed by atoms with van der Waals surface area (Å²) in [5.74, 6) is 0.158. The highest BCUT2D eigenvalue weighted by Crippen LogP contribution is 2.49. The molecule has 2 atom stereocenters. The van der Waals surface area contributed by atoms with Gasteiger partial charge in [0.2, 0.25) is 5.91 Å². The lowest BCUT2D eigenvalue weighted by Crippen LogP contribution is -2.55. The lowest BCUT2D eigenvalue weighted by atomic mass is 9.63. The van der Waals surface area contributed by atoms with Crippen LogP contribution < -0.4 is 5.32 Å². The first-order valence-corrected chi connectivity index (χ1v) is 6.97. The summed E-state index contributed by atoms with van der Waals surface area (Å²) in [5, 5.41) is 2.90. The molecular formula is C13H14BrNO3. The molecule has 2 aliphatic heterocycles. The van der Waals surface area contributed by atoms with E-state index < -0.39 is 11.3 Å². The van der Waals surface area contributed by atoms with E-state index in [9.17, 15) is 9.59 Å². The van der Waals surface area contributed by atoms with Crippen LogP contribution in [0.15, 0.2) is 22.4 Å². The fraction of sp³-hybridized carbons (Fsp3) is 0.538. The van der Waals surface area contributed by atoms with E-state index in [1.54, 1.807) is 12.2 Å². The van der Waals surface area contributed by atoms with E-state index in [-0.39, 0.29) is 11.7 Å². The predicted octanol–water partition coefficient (Wildman–Crippen LogP) is 1.66. The minimum absolute atomic E-state index is 0.00324. The molecule has 0 radical (unpaired) electrons. The number of hydrogen-bond acceptors (Lipinski definition) is 3. The van der Waals surface area contributed by atoms with Crippen molar-refractivity contribution < 1.29 is 14.3 Å². The van der Waals surface area contributed by atoms with Gasteiger partial charge in [0.25, 0.3) is 0 Å². The highest BCUT2D eigenvalue weighted by Gasteiger charge is 2.55. The number of Topliss-reactive ketones (excluding diaryl/α,β-unsaturated/α-hetero) is 1. The summed E-state index contributed by atoms with van der Waals surface area (Å²) in [5.41, 5.74) is -0.604. The van der Waals surface area contributed by atoms with Crippen LogP contribution in [0.3, 0.4) is 0 Å². The molecule has 1 N–H and O–H groups in total. The summed E-state index contributed by atoms with van der Waals surface area (Å²) in [7, 11) is 0. The van der Waals surface area contributed by atoms with Gasteiger partial charge in [-0.2, -0.15) is 0 Å². The second kappa shape index (κ2) is 4.23. The summed E-state index contributed by atoms with van der Waals surface area (Å²) in [4.78, 5) is 24.7. The first-order chi connectivity index (χ1) is 8.65. The molecule has 0 aromatic rings. The predicted molar refractivity (Wildman–Crippen MR) is 68.8 cm³/mol. The third-order valence-electron chi connectivity index (χ3n) is 4.08. The lowest BCUT2D eigenvalue weighted by Gasteiger charge is -2.45. The SMILES string of the molecule is O=C1C(Br)=CC=C2OCCC3(CCCNC3=O)C12. The Morgan fingerprint density at radius 1 is 1.33 bits per heavy atom. The highest BCUT2D eigenvalue weighted by molar-refractivity contribution is 9.12. The number of fused-ring (bicyclic) bond motifs is 2. The number of rotatable bonds is 0. The van der Waals surface area contributed by atoms with E-state index in [0.29, 0.717) is 29.8 Å². The van der Waals surface area contributed by atoms with Gasteiger partial charge >= 0.3 is 0 Å². The van der Waals surface area contributed by atoms with Gasteiger partial charge in [-0.15, -0.1) is 0 Å². The largest absolute Gasteiger partial charge is 0.497 e. The molecule has 2 heterocycles. The molecule has 0 aromatic heterocycles. The molecule has 18 heavy (non-hydrogen) atoms. The number of carbonyl (C=O) groups excluding carboxylic acids is 2. The quantitative estimate of drug-likeness (QED) is 0.740. The number of piperidine rings is 1. The van der Waals surface area contributed by atoms with Crippen LogP contribution in [-0.2, 0) is 14.3 Å². The first kappa shape index (κ1) is 12.0. The van der Waals surface area contributed by atoms with Gasteiger partial charge in [-0.3, -0.25) is 9.59 Å². The van der Waals surface area contributed by atoms with Gasteiger partial charge in [-0.05, 0) is 47.3 Å². The van der Waals surface area contributed by atoms with E-state index in [0.717, 1.165) is 12.8 Å². The maximum absolute atomic E-state index is 12.4. The Morgan fingerprint density at radius 2 is 2.17 bits per heavy atom. The van der Waals surface area contributed by atoms with Gasteiger partial charge in [-0.25, -0.2) is 0 Å². The van der Waals surface area contributed by atoms with Gasteiger partial charge < -0.3 is 10.1 Å². The monoisotopic (exact) mass is 311 g/mol. The van der Waals surface area contributed by atoms with Crippen LogP contribution in [0.5, 0.6) is 0 Å². The van der Waals surface area contributed by atoms with Crippen molar-refractivity contribution in [3.05, 3.63) is 22.4 Å². The van der Waals surface area contributed by atoms with Crippen molar-refractivity contribution in [3.8, 4) is 0 Å². The van der Waals surface area contributed by atoms with Crippen LogP contribution >= 0.6 is 15.9 Å². The van der Waals surface area contributed by atoms with E-state index in [4.69, 9.17) is 4.74 Å². The standard InChI is InChI=1S/C13H14BrNO3/c14-8-2-3-9-10(11(8)16)13(5-7-18-9)4-1-6-15-12(13)17/h2-3,10H,1,4-7H2,(H,15,17). The molecule has 3 aliphatic rings. The molecule has 2 fully saturated rings. The maximum atomic E-state index is 12.4. The van der Waals surface area contributed by atoms with E-state index in [1.165, 1.54) is 0 Å². The molecule has 0 saturated carbocycles. The van der Waals surface area contributed by atoms with Crippen molar-refractivity contribution >= 4 is 27.6 Å². The number of nitrogens with one attached hydrogen (secondary N) is 1. The molecule has 0 aromatic carbocycles. The zero-order valence-corrected chi connectivity index (χ0v) is 11.5. The van der Waals surface area contributed by atoms with Crippen molar-refractivity contribution in [2.24, 2.45) is 11.3 Å². The minimum Gasteiger partial charge on any atom is -0.497 e. The van der Waals surface area contributed by atoms with Crippen LogP contribution in [0.4, 0.5) is 0 Å². The second-order valence-corrected chi connectivity index (χ2v) is 5.85. The van der Waals surface area contributed by atoms with Crippen molar-refractivity contribution in [1.29, 1.82) is 0 Å². The average molecular weight is 312 g/mol. The molecule has 96 valence electrons. The number of hydrogen-bond donors (Lipinski definition) is 1. The van der Waals surface area contributed by atoms with Gasteiger partial charge in [0.05, 0.1) is 22.4 Å². The van der Waals surface area contributed by atoms with Crippen LogP contribution in [0.1, 0.15) is 19.3 Å². The molecule has 0 bridgehead atoms. The number of amides is 1. The van der Waals surface area contributed by atoms with Gasteiger partial charge in [0.15, 0.2) is 5.78 Å². The zero-order valence-electron chi connectivity index (χ0n) is 9.87. The first-order valence-electron chi connectivity index (χ1n) is 6.18. The minimum atomic E-state index is -0.604. The maximum Gasteiger partial charge on any atom is 0.227 e. The topological polar surface area (TPSA) is 55.4 Å². The van der Waals surface area contributed by atoms with E-state index in [2.05, 4.69) is 21.2 Å². The van der Waals surface area contributed by atoms with Crippen LogP contribution in [-0.4, -0.2) is 24.8 Å². The third-order valence-corrected chi connectivity index (χ3v) is 4.74. The Bertz CT molecular complexity index is 479. The van der Waals surface area contributed by atoms with Crippen LogP contribution in [0.25, 0.3) is 0 Å². The van der Waals surface area contributed by atoms with Crippen molar-refractivity contribution in [3.63, 3.8) is 0 Å². The molecule has 2 unspecified atom stereocenters. The Hall–Kier alpha value is -1.10. The van der Waals surface area contributed by atoms with Gasteiger partial charge in [0.1, 0.15) is 5.76 Å². The molecule has 2 saturated heterocycles. The second-order valence-electron chi connectivity index (χ2n) is 4.99. The molecule has 1 amide bonds. The van der Waals surface area contributed by atoms with Crippen molar-refractivity contribution in [1.82, 2.24) is 5.32 Å².